The SMILES string of the molecule is CC1(OC2CCC3NNC(c4cc(N5C[C@@H]6C[C@H]5CO6)ncn4)C3C2)CC1. The topological polar surface area (TPSA) is 71.5 Å². The van der Waals surface area contributed by atoms with Crippen molar-refractivity contribution in [1.82, 2.24) is 20.8 Å². The Morgan fingerprint density at radius 2 is 2.15 bits per heavy atom. The van der Waals surface area contributed by atoms with Gasteiger partial charge in [-0.3, -0.25) is 5.43 Å². The molecule has 6 rings (SSSR count). The Balaban J connectivity index is 1.20. The summed E-state index contributed by atoms with van der Waals surface area (Å²) in [5.41, 5.74) is 8.31. The van der Waals surface area contributed by atoms with Crippen LogP contribution in [-0.4, -0.2) is 53.0 Å². The van der Waals surface area contributed by atoms with E-state index in [1.807, 2.05) is 0 Å². The first-order chi connectivity index (χ1) is 13.2. The third-order valence-electron chi connectivity index (χ3n) is 7.30. The molecule has 2 saturated carbocycles. The van der Waals surface area contributed by atoms with Gasteiger partial charge in [-0.1, -0.05) is 0 Å². The van der Waals surface area contributed by atoms with E-state index in [-0.39, 0.29) is 11.6 Å². The zero-order valence-corrected chi connectivity index (χ0v) is 15.9. The second-order valence-electron chi connectivity index (χ2n) is 9.34. The van der Waals surface area contributed by atoms with Gasteiger partial charge in [0.25, 0.3) is 0 Å². The highest BCUT2D eigenvalue weighted by molar-refractivity contribution is 5.44. The highest BCUT2D eigenvalue weighted by Crippen LogP contribution is 2.45. The molecule has 7 heteroatoms. The third kappa shape index (κ3) is 2.95. The summed E-state index contributed by atoms with van der Waals surface area (Å²) in [6.45, 7) is 4.04. The second-order valence-corrected chi connectivity index (χ2v) is 9.34. The summed E-state index contributed by atoms with van der Waals surface area (Å²) in [5.74, 6) is 1.57. The number of morpholine rings is 1. The van der Waals surface area contributed by atoms with Crippen LogP contribution >= 0.6 is 0 Å². The van der Waals surface area contributed by atoms with Crippen molar-refractivity contribution in [3.63, 3.8) is 0 Å². The third-order valence-corrected chi connectivity index (χ3v) is 7.30. The number of hydrazine groups is 1. The van der Waals surface area contributed by atoms with Crippen LogP contribution in [0.5, 0.6) is 0 Å². The van der Waals surface area contributed by atoms with Gasteiger partial charge in [0.2, 0.25) is 0 Å². The van der Waals surface area contributed by atoms with Gasteiger partial charge in [-0.25, -0.2) is 15.4 Å². The van der Waals surface area contributed by atoms with Crippen LogP contribution in [0, 0.1) is 5.92 Å². The van der Waals surface area contributed by atoms with Crippen LogP contribution in [0.2, 0.25) is 0 Å². The first kappa shape index (κ1) is 16.7. The van der Waals surface area contributed by atoms with Gasteiger partial charge < -0.3 is 14.4 Å². The first-order valence-electron chi connectivity index (χ1n) is 10.6. The number of rotatable bonds is 4. The minimum absolute atomic E-state index is 0.158. The summed E-state index contributed by atoms with van der Waals surface area (Å²) in [6.07, 6.45) is 9.49. The molecule has 1 aromatic heterocycles. The van der Waals surface area contributed by atoms with Gasteiger partial charge in [0, 0.05) is 24.6 Å². The molecule has 27 heavy (non-hydrogen) atoms. The fourth-order valence-electron chi connectivity index (χ4n) is 5.48. The van der Waals surface area contributed by atoms with Crippen molar-refractivity contribution >= 4 is 5.82 Å². The van der Waals surface area contributed by atoms with Gasteiger partial charge in [-0.05, 0) is 45.4 Å². The van der Waals surface area contributed by atoms with Gasteiger partial charge in [0.1, 0.15) is 12.1 Å². The molecule has 6 atom stereocenters. The number of aromatic nitrogens is 2. The molecule has 2 aliphatic carbocycles. The van der Waals surface area contributed by atoms with Gasteiger partial charge in [0.05, 0.1) is 42.2 Å². The summed E-state index contributed by atoms with van der Waals surface area (Å²) >= 11 is 0. The van der Waals surface area contributed by atoms with Crippen molar-refractivity contribution in [2.45, 2.75) is 81.4 Å². The Morgan fingerprint density at radius 3 is 2.93 bits per heavy atom. The number of nitrogens with zero attached hydrogens (tertiary/aromatic N) is 3. The van der Waals surface area contributed by atoms with E-state index in [0.717, 1.165) is 43.9 Å². The van der Waals surface area contributed by atoms with E-state index in [0.29, 0.717) is 30.2 Å². The van der Waals surface area contributed by atoms with E-state index >= 15 is 0 Å². The number of hydrogen-bond donors (Lipinski definition) is 2. The quantitative estimate of drug-likeness (QED) is 0.835. The van der Waals surface area contributed by atoms with E-state index in [9.17, 15) is 0 Å². The molecular formula is C20H29N5O2. The van der Waals surface area contributed by atoms with Gasteiger partial charge in [-0.15, -0.1) is 0 Å². The zero-order chi connectivity index (χ0) is 18.0. The molecule has 4 unspecified atom stereocenters. The van der Waals surface area contributed by atoms with Crippen molar-refractivity contribution in [2.24, 2.45) is 5.92 Å². The molecule has 5 aliphatic rings. The predicted octanol–water partition coefficient (Wildman–Crippen LogP) is 1.71. The van der Waals surface area contributed by atoms with Crippen molar-refractivity contribution in [2.75, 3.05) is 18.1 Å². The van der Waals surface area contributed by atoms with Crippen LogP contribution < -0.4 is 15.8 Å². The maximum atomic E-state index is 6.41. The van der Waals surface area contributed by atoms with E-state index in [4.69, 9.17) is 9.47 Å². The summed E-state index contributed by atoms with van der Waals surface area (Å²) < 4.78 is 12.1. The minimum atomic E-state index is 0.158. The molecule has 3 saturated heterocycles. The molecule has 2 N–H and O–H groups in total. The number of ether oxygens (including phenoxy) is 2. The molecule has 0 amide bonds. The number of anilines is 1. The number of fused-ring (bicyclic) bond motifs is 3. The normalized spacial score (nSPS) is 41.7. The van der Waals surface area contributed by atoms with E-state index in [1.165, 1.54) is 19.3 Å². The standard InChI is InChI=1S/C20H29N5O2/c1-20(4-5-20)27-13-2-3-16-15(7-13)19(24-23-16)17-8-18(22-11-21-17)25-9-14-6-12(25)10-26-14/h8,11-16,19,23-24H,2-7,9-10H2,1H3/t12-,13?,14-,15?,16?,19?/m0/s1. The lowest BCUT2D eigenvalue weighted by molar-refractivity contribution is -0.0500. The lowest BCUT2D eigenvalue weighted by Crippen LogP contribution is -2.38. The fraction of sp³-hybridized carbons (Fsp3) is 0.800. The Labute approximate surface area is 160 Å². The molecule has 0 spiro atoms. The largest absolute Gasteiger partial charge is 0.374 e. The monoisotopic (exact) mass is 371 g/mol. The smallest absolute Gasteiger partial charge is 0.132 e. The predicted molar refractivity (Wildman–Crippen MR) is 100 cm³/mol. The van der Waals surface area contributed by atoms with Crippen LogP contribution in [0.25, 0.3) is 0 Å². The summed E-state index contributed by atoms with van der Waals surface area (Å²) in [6, 6.07) is 3.41. The highest BCUT2D eigenvalue weighted by Gasteiger charge is 2.46. The van der Waals surface area contributed by atoms with Crippen molar-refractivity contribution in [3.05, 3.63) is 18.1 Å². The summed E-state index contributed by atoms with van der Waals surface area (Å²) in [5, 5.41) is 0. The first-order valence-corrected chi connectivity index (χ1v) is 10.6. The molecule has 4 heterocycles. The molecule has 0 radical (unpaired) electrons. The van der Waals surface area contributed by atoms with Crippen molar-refractivity contribution in [1.29, 1.82) is 0 Å². The molecule has 146 valence electrons. The fourth-order valence-corrected chi connectivity index (χ4v) is 5.48. The molecule has 0 aromatic carbocycles. The van der Waals surface area contributed by atoms with Crippen LogP contribution in [0.15, 0.2) is 12.4 Å². The second kappa shape index (κ2) is 6.11. The van der Waals surface area contributed by atoms with E-state index in [2.05, 4.69) is 38.7 Å². The maximum Gasteiger partial charge on any atom is 0.132 e. The summed E-state index contributed by atoms with van der Waals surface area (Å²) in [4.78, 5) is 11.6. The van der Waals surface area contributed by atoms with Crippen LogP contribution in [-0.2, 0) is 9.47 Å². The molecule has 3 aliphatic heterocycles. The highest BCUT2D eigenvalue weighted by atomic mass is 16.5. The van der Waals surface area contributed by atoms with Gasteiger partial charge >= 0.3 is 0 Å². The molecule has 5 fully saturated rings. The van der Waals surface area contributed by atoms with E-state index in [1.54, 1.807) is 6.33 Å². The van der Waals surface area contributed by atoms with Gasteiger partial charge in [0.15, 0.2) is 0 Å². The zero-order valence-electron chi connectivity index (χ0n) is 15.9. The maximum absolute atomic E-state index is 6.41. The van der Waals surface area contributed by atoms with Gasteiger partial charge in [-0.2, -0.15) is 0 Å². The van der Waals surface area contributed by atoms with Crippen molar-refractivity contribution < 1.29 is 9.47 Å². The Morgan fingerprint density at radius 1 is 1.22 bits per heavy atom. The molecule has 7 nitrogen and oxygen atoms in total. The Hall–Kier alpha value is -1.28. The number of nitrogens with one attached hydrogen (secondary N) is 2. The van der Waals surface area contributed by atoms with Crippen molar-refractivity contribution in [3.8, 4) is 0 Å². The minimum Gasteiger partial charge on any atom is -0.374 e. The average Bonchev–Trinajstić information content (AvgIpc) is 3.11. The van der Waals surface area contributed by atoms with Crippen LogP contribution in [0.4, 0.5) is 5.82 Å². The van der Waals surface area contributed by atoms with Crippen LogP contribution in [0.1, 0.15) is 57.2 Å². The average molecular weight is 371 g/mol. The molecule has 2 bridgehead atoms. The van der Waals surface area contributed by atoms with Crippen LogP contribution in [0.3, 0.4) is 0 Å². The molecule has 1 aromatic rings. The molecular weight excluding hydrogens is 342 g/mol. The Kier molecular flexibility index (Phi) is 3.77. The number of hydrogen-bond acceptors (Lipinski definition) is 7. The summed E-state index contributed by atoms with van der Waals surface area (Å²) in [7, 11) is 0. The lowest BCUT2D eigenvalue weighted by atomic mass is 9.79. The van der Waals surface area contributed by atoms with E-state index < -0.39 is 0 Å². The lowest BCUT2D eigenvalue weighted by Gasteiger charge is -2.34. The Bertz CT molecular complexity index is 726.